The first-order valence-corrected chi connectivity index (χ1v) is 9.07. The second-order valence-electron chi connectivity index (χ2n) is 5.20. The van der Waals surface area contributed by atoms with E-state index in [2.05, 4.69) is 16.7 Å². The third-order valence-corrected chi connectivity index (χ3v) is 5.22. The van der Waals surface area contributed by atoms with Crippen LogP contribution >= 0.6 is 35.6 Å². The normalized spacial score (nSPS) is 16.3. The van der Waals surface area contributed by atoms with Gasteiger partial charge in [-0.3, -0.25) is 0 Å². The lowest BCUT2D eigenvalue weighted by Gasteiger charge is -2.27. The van der Waals surface area contributed by atoms with E-state index < -0.39 is 0 Å². The van der Waals surface area contributed by atoms with Crippen LogP contribution in [0.4, 0.5) is 5.69 Å². The zero-order valence-corrected chi connectivity index (χ0v) is 15.0. The number of ether oxygens (including phenoxy) is 1. The van der Waals surface area contributed by atoms with Gasteiger partial charge in [-0.25, -0.2) is 0 Å². The van der Waals surface area contributed by atoms with Crippen LogP contribution in [0.3, 0.4) is 0 Å². The third-order valence-electron chi connectivity index (χ3n) is 3.64. The summed E-state index contributed by atoms with van der Waals surface area (Å²) in [4.78, 5) is 1.27. The number of methoxy groups -OCH3 is 1. The number of benzene rings is 2. The van der Waals surface area contributed by atoms with Crippen LogP contribution in [-0.4, -0.2) is 18.0 Å². The van der Waals surface area contributed by atoms with Crippen molar-refractivity contribution in [3.63, 3.8) is 0 Å². The number of halogens is 1. The Balaban J connectivity index is 1.70. The molecule has 3 rings (SSSR count). The van der Waals surface area contributed by atoms with Crippen molar-refractivity contribution in [1.82, 2.24) is 5.32 Å². The zero-order valence-electron chi connectivity index (χ0n) is 12.6. The number of hydrogen-bond acceptors (Lipinski definition) is 3. The van der Waals surface area contributed by atoms with E-state index in [-0.39, 0.29) is 6.04 Å². The number of hydrogen-bond donors (Lipinski definition) is 2. The molecule has 2 N–H and O–H groups in total. The summed E-state index contributed by atoms with van der Waals surface area (Å²) in [7, 11) is 1.65. The molecule has 0 amide bonds. The Bertz CT molecular complexity index is 723. The molecule has 120 valence electrons. The van der Waals surface area contributed by atoms with Crippen molar-refractivity contribution in [2.24, 2.45) is 0 Å². The smallest absolute Gasteiger partial charge is 0.171 e. The Labute approximate surface area is 150 Å². The summed E-state index contributed by atoms with van der Waals surface area (Å²) >= 11 is 13.5. The van der Waals surface area contributed by atoms with Crippen molar-refractivity contribution in [3.8, 4) is 5.75 Å². The molecule has 0 aliphatic carbocycles. The monoisotopic (exact) mass is 364 g/mol. The van der Waals surface area contributed by atoms with Gasteiger partial charge in [0, 0.05) is 27.4 Å². The number of thioether (sulfide) groups is 1. The van der Waals surface area contributed by atoms with Gasteiger partial charge in [0.1, 0.15) is 5.75 Å². The van der Waals surface area contributed by atoms with Crippen LogP contribution < -0.4 is 15.4 Å². The highest BCUT2D eigenvalue weighted by Crippen LogP contribution is 2.37. The molecule has 23 heavy (non-hydrogen) atoms. The maximum Gasteiger partial charge on any atom is 0.171 e. The Morgan fingerprint density at radius 3 is 3.00 bits per heavy atom. The highest BCUT2D eigenvalue weighted by molar-refractivity contribution is 7.99. The second kappa shape index (κ2) is 7.43. The van der Waals surface area contributed by atoms with E-state index in [9.17, 15) is 0 Å². The molecule has 0 radical (unpaired) electrons. The molecule has 0 bridgehead atoms. The number of nitrogens with one attached hydrogen (secondary N) is 2. The zero-order chi connectivity index (χ0) is 16.2. The molecule has 0 spiro atoms. The van der Waals surface area contributed by atoms with Crippen molar-refractivity contribution in [2.45, 2.75) is 17.4 Å². The molecule has 2 aromatic rings. The molecule has 0 fully saturated rings. The highest BCUT2D eigenvalue weighted by atomic mass is 35.5. The van der Waals surface area contributed by atoms with E-state index in [0.717, 1.165) is 28.6 Å². The fourth-order valence-electron chi connectivity index (χ4n) is 2.54. The summed E-state index contributed by atoms with van der Waals surface area (Å²) in [5.74, 6) is 1.86. The average molecular weight is 365 g/mol. The van der Waals surface area contributed by atoms with Crippen molar-refractivity contribution in [1.29, 1.82) is 0 Å². The van der Waals surface area contributed by atoms with E-state index >= 15 is 0 Å². The Morgan fingerprint density at radius 2 is 2.17 bits per heavy atom. The maximum absolute atomic E-state index is 6.14. The quantitative estimate of drug-likeness (QED) is 0.759. The molecule has 1 heterocycles. The van der Waals surface area contributed by atoms with Crippen LogP contribution in [0.5, 0.6) is 5.75 Å². The lowest BCUT2D eigenvalue weighted by Crippen LogP contribution is -2.33. The molecule has 1 atom stereocenters. The summed E-state index contributed by atoms with van der Waals surface area (Å²) in [5, 5.41) is 7.96. The number of anilines is 1. The summed E-state index contributed by atoms with van der Waals surface area (Å²) in [6.07, 6.45) is 1.01. The second-order valence-corrected chi connectivity index (χ2v) is 7.18. The Hall–Kier alpha value is -1.43. The van der Waals surface area contributed by atoms with Crippen LogP contribution in [0.25, 0.3) is 0 Å². The minimum absolute atomic E-state index is 0.176. The van der Waals surface area contributed by atoms with Gasteiger partial charge in [0.05, 0.1) is 13.2 Å². The van der Waals surface area contributed by atoms with Gasteiger partial charge in [-0.2, -0.15) is 0 Å². The number of thiocarbonyl (C=S) groups is 1. The van der Waals surface area contributed by atoms with Crippen LogP contribution in [0.2, 0.25) is 5.02 Å². The van der Waals surface area contributed by atoms with E-state index in [4.69, 9.17) is 28.6 Å². The number of fused-ring (bicyclic) bond motifs is 1. The van der Waals surface area contributed by atoms with Gasteiger partial charge in [0.15, 0.2) is 5.11 Å². The molecule has 0 saturated carbocycles. The van der Waals surface area contributed by atoms with E-state index in [0.29, 0.717) is 5.11 Å². The van der Waals surface area contributed by atoms with Gasteiger partial charge in [0.2, 0.25) is 0 Å². The van der Waals surface area contributed by atoms with Crippen molar-refractivity contribution in [3.05, 3.63) is 53.1 Å². The molecule has 1 aliphatic heterocycles. The molecule has 0 saturated heterocycles. The van der Waals surface area contributed by atoms with Crippen LogP contribution in [-0.2, 0) is 0 Å². The Kier molecular flexibility index (Phi) is 5.30. The van der Waals surface area contributed by atoms with Crippen molar-refractivity contribution in [2.75, 3.05) is 18.2 Å². The largest absolute Gasteiger partial charge is 0.497 e. The van der Waals surface area contributed by atoms with Gasteiger partial charge < -0.3 is 15.4 Å². The molecule has 6 heteroatoms. The van der Waals surface area contributed by atoms with Gasteiger partial charge in [-0.15, -0.1) is 11.8 Å². The van der Waals surface area contributed by atoms with Gasteiger partial charge >= 0.3 is 0 Å². The van der Waals surface area contributed by atoms with Gasteiger partial charge in [-0.05, 0) is 54.5 Å². The molecule has 3 nitrogen and oxygen atoms in total. The standard InChI is InChI=1S/C17H17ClN2OS2/c1-21-13-4-2-3-12(10-13)19-17(22)20-15-7-8-23-16-6-5-11(18)9-14(15)16/h2-6,9-10,15H,7-8H2,1H3,(H2,19,20,22)/t15-/m1/s1. The van der Waals surface area contributed by atoms with E-state index in [1.807, 2.05) is 48.2 Å². The molecule has 0 unspecified atom stereocenters. The molecule has 2 aromatic carbocycles. The molecule has 1 aliphatic rings. The SMILES string of the molecule is COc1cccc(NC(=S)N[C@@H]2CCSc3ccc(Cl)cc32)c1. The fraction of sp³-hybridized carbons (Fsp3) is 0.235. The molecule has 0 aromatic heterocycles. The van der Waals surface area contributed by atoms with Crippen LogP contribution in [0, 0.1) is 0 Å². The summed E-state index contributed by atoms with van der Waals surface area (Å²) < 4.78 is 5.22. The first-order chi connectivity index (χ1) is 11.2. The maximum atomic E-state index is 6.14. The molecular weight excluding hydrogens is 348 g/mol. The topological polar surface area (TPSA) is 33.3 Å². The summed E-state index contributed by atoms with van der Waals surface area (Å²) in [6, 6.07) is 13.9. The minimum Gasteiger partial charge on any atom is -0.497 e. The van der Waals surface area contributed by atoms with Crippen molar-refractivity contribution >= 4 is 46.4 Å². The molecular formula is C17H17ClN2OS2. The lowest BCUT2D eigenvalue weighted by atomic mass is 10.0. The predicted octanol–water partition coefficient (Wildman–Crippen LogP) is 4.87. The van der Waals surface area contributed by atoms with Gasteiger partial charge in [0.25, 0.3) is 0 Å². The summed E-state index contributed by atoms with van der Waals surface area (Å²) in [5.41, 5.74) is 2.11. The summed E-state index contributed by atoms with van der Waals surface area (Å²) in [6.45, 7) is 0. The Morgan fingerprint density at radius 1 is 1.30 bits per heavy atom. The van der Waals surface area contributed by atoms with Crippen molar-refractivity contribution < 1.29 is 4.74 Å². The lowest BCUT2D eigenvalue weighted by molar-refractivity contribution is 0.415. The highest BCUT2D eigenvalue weighted by Gasteiger charge is 2.21. The van der Waals surface area contributed by atoms with Crippen LogP contribution in [0.15, 0.2) is 47.4 Å². The average Bonchev–Trinajstić information content (AvgIpc) is 2.55. The number of rotatable bonds is 3. The fourth-order valence-corrected chi connectivity index (χ4v) is 4.09. The van der Waals surface area contributed by atoms with Crippen LogP contribution in [0.1, 0.15) is 18.0 Å². The van der Waals surface area contributed by atoms with E-state index in [1.165, 1.54) is 10.5 Å². The minimum atomic E-state index is 0.176. The first kappa shape index (κ1) is 16.4. The predicted molar refractivity (Wildman–Crippen MR) is 102 cm³/mol. The van der Waals surface area contributed by atoms with Gasteiger partial charge in [-0.1, -0.05) is 17.7 Å². The van der Waals surface area contributed by atoms with E-state index in [1.54, 1.807) is 7.11 Å². The third kappa shape index (κ3) is 4.10. The first-order valence-electron chi connectivity index (χ1n) is 7.29.